The summed E-state index contributed by atoms with van der Waals surface area (Å²) in [5.41, 5.74) is 2.91. The number of nitrogens with zero attached hydrogens (tertiary/aromatic N) is 1. The summed E-state index contributed by atoms with van der Waals surface area (Å²) in [6, 6.07) is 6.28. The van der Waals surface area contributed by atoms with Gasteiger partial charge in [-0.15, -0.1) is 0 Å². The fourth-order valence-electron chi connectivity index (χ4n) is 2.63. The van der Waals surface area contributed by atoms with E-state index in [2.05, 4.69) is 10.3 Å². The van der Waals surface area contributed by atoms with Crippen molar-refractivity contribution in [1.29, 1.82) is 0 Å². The fourth-order valence-corrected chi connectivity index (χ4v) is 2.63. The topological polar surface area (TPSA) is 58.3 Å². The second kappa shape index (κ2) is 4.71. The molecule has 0 unspecified atom stereocenters. The van der Waals surface area contributed by atoms with E-state index in [1.165, 1.54) is 5.56 Å². The molecule has 1 fully saturated rings. The number of benzene rings is 1. The molecule has 96 valence electrons. The first kappa shape index (κ1) is 11.7. The van der Waals surface area contributed by atoms with E-state index >= 15 is 0 Å². The summed E-state index contributed by atoms with van der Waals surface area (Å²) >= 11 is 0. The Morgan fingerprint density at radius 3 is 3.11 bits per heavy atom. The molecule has 1 aromatic carbocycles. The van der Waals surface area contributed by atoms with Gasteiger partial charge in [0, 0.05) is 19.5 Å². The minimum Gasteiger partial charge on any atom is -0.441 e. The minimum absolute atomic E-state index is 0.192. The van der Waals surface area contributed by atoms with Crippen molar-refractivity contribution in [3.8, 4) is 0 Å². The Bertz CT molecular complexity index is 550. The van der Waals surface area contributed by atoms with Crippen LogP contribution >= 0.6 is 0 Å². The van der Waals surface area contributed by atoms with Crippen LogP contribution in [0.2, 0.25) is 0 Å². The van der Waals surface area contributed by atoms with Crippen molar-refractivity contribution in [3.05, 3.63) is 29.7 Å². The Morgan fingerprint density at radius 2 is 2.33 bits per heavy atom. The van der Waals surface area contributed by atoms with Crippen molar-refractivity contribution in [2.75, 3.05) is 0 Å². The first-order valence-corrected chi connectivity index (χ1v) is 6.50. The van der Waals surface area contributed by atoms with Gasteiger partial charge in [0.1, 0.15) is 5.52 Å². The van der Waals surface area contributed by atoms with Crippen molar-refractivity contribution in [2.45, 2.75) is 44.9 Å². The maximum atomic E-state index is 9.75. The third-order valence-electron chi connectivity index (χ3n) is 3.61. The van der Waals surface area contributed by atoms with E-state index < -0.39 is 0 Å². The third kappa shape index (κ3) is 2.26. The number of hydrogen-bond acceptors (Lipinski definition) is 4. The van der Waals surface area contributed by atoms with Crippen LogP contribution in [0.5, 0.6) is 0 Å². The molecule has 4 nitrogen and oxygen atoms in total. The monoisotopic (exact) mass is 246 g/mol. The Hall–Kier alpha value is -1.39. The number of rotatable bonds is 3. The summed E-state index contributed by atoms with van der Waals surface area (Å²) in [4.78, 5) is 4.32. The molecule has 0 aliphatic heterocycles. The van der Waals surface area contributed by atoms with Crippen LogP contribution in [0.25, 0.3) is 11.1 Å². The highest BCUT2D eigenvalue weighted by molar-refractivity contribution is 5.73. The van der Waals surface area contributed by atoms with Gasteiger partial charge in [0.25, 0.3) is 0 Å². The van der Waals surface area contributed by atoms with Gasteiger partial charge in [0.05, 0.1) is 6.10 Å². The van der Waals surface area contributed by atoms with Crippen molar-refractivity contribution < 1.29 is 9.52 Å². The van der Waals surface area contributed by atoms with E-state index in [1.807, 2.05) is 25.1 Å². The molecule has 0 radical (unpaired) electrons. The molecule has 18 heavy (non-hydrogen) atoms. The lowest BCUT2D eigenvalue weighted by molar-refractivity contribution is 0.148. The minimum atomic E-state index is -0.192. The van der Waals surface area contributed by atoms with Crippen LogP contribution < -0.4 is 5.32 Å². The quantitative estimate of drug-likeness (QED) is 0.871. The maximum Gasteiger partial charge on any atom is 0.192 e. The number of aromatic nitrogens is 1. The molecule has 1 aliphatic carbocycles. The zero-order valence-electron chi connectivity index (χ0n) is 10.5. The number of aliphatic hydroxyl groups excluding tert-OH is 1. The molecule has 3 rings (SSSR count). The highest BCUT2D eigenvalue weighted by atomic mass is 16.3. The van der Waals surface area contributed by atoms with Crippen LogP contribution in [0, 0.1) is 6.92 Å². The van der Waals surface area contributed by atoms with Gasteiger partial charge in [-0.25, -0.2) is 4.98 Å². The molecule has 1 aliphatic rings. The predicted octanol–water partition coefficient (Wildman–Crippen LogP) is 2.14. The molecule has 2 aromatic rings. The van der Waals surface area contributed by atoms with Crippen molar-refractivity contribution in [1.82, 2.24) is 10.3 Å². The summed E-state index contributed by atoms with van der Waals surface area (Å²) in [5, 5.41) is 13.2. The van der Waals surface area contributed by atoms with E-state index in [4.69, 9.17) is 4.42 Å². The SMILES string of the molecule is Cc1nc2cc(CN[C@@H]3CCC[C@@H]3O)ccc2o1. The van der Waals surface area contributed by atoms with Gasteiger partial charge in [-0.3, -0.25) is 0 Å². The molecule has 0 amide bonds. The molecular formula is C14H18N2O2. The molecule has 0 spiro atoms. The summed E-state index contributed by atoms with van der Waals surface area (Å²) in [6.07, 6.45) is 2.90. The number of nitrogens with one attached hydrogen (secondary N) is 1. The largest absolute Gasteiger partial charge is 0.441 e. The Kier molecular flexibility index (Phi) is 3.06. The Morgan fingerprint density at radius 1 is 1.44 bits per heavy atom. The maximum absolute atomic E-state index is 9.75. The lowest BCUT2D eigenvalue weighted by Gasteiger charge is -2.16. The van der Waals surface area contributed by atoms with Gasteiger partial charge in [-0.2, -0.15) is 0 Å². The smallest absolute Gasteiger partial charge is 0.192 e. The number of hydrogen-bond donors (Lipinski definition) is 2. The van der Waals surface area contributed by atoms with E-state index in [1.54, 1.807) is 0 Å². The first-order valence-electron chi connectivity index (χ1n) is 6.50. The molecule has 2 N–H and O–H groups in total. The first-order chi connectivity index (χ1) is 8.72. The fraction of sp³-hybridized carbons (Fsp3) is 0.500. The highest BCUT2D eigenvalue weighted by Gasteiger charge is 2.24. The Balaban J connectivity index is 1.70. The summed E-state index contributed by atoms with van der Waals surface area (Å²) in [7, 11) is 0. The number of oxazole rings is 1. The van der Waals surface area contributed by atoms with E-state index in [9.17, 15) is 5.11 Å². The van der Waals surface area contributed by atoms with Crippen LogP contribution in [0.4, 0.5) is 0 Å². The van der Waals surface area contributed by atoms with Crippen molar-refractivity contribution >= 4 is 11.1 Å². The standard InChI is InChI=1S/C14H18N2O2/c1-9-16-12-7-10(5-6-14(12)18-9)8-15-11-3-2-4-13(11)17/h5-7,11,13,15,17H,2-4,8H2,1H3/t11-,13+/m1/s1. The zero-order chi connectivity index (χ0) is 12.5. The summed E-state index contributed by atoms with van der Waals surface area (Å²) < 4.78 is 5.45. The van der Waals surface area contributed by atoms with E-state index in [0.717, 1.165) is 36.9 Å². The predicted molar refractivity (Wildman–Crippen MR) is 69.2 cm³/mol. The molecule has 0 bridgehead atoms. The summed E-state index contributed by atoms with van der Waals surface area (Å²) in [6.45, 7) is 2.62. The van der Waals surface area contributed by atoms with Gasteiger partial charge >= 0.3 is 0 Å². The van der Waals surface area contributed by atoms with Gasteiger partial charge < -0.3 is 14.8 Å². The summed E-state index contributed by atoms with van der Waals surface area (Å²) in [5.74, 6) is 0.696. The van der Waals surface area contributed by atoms with E-state index in [-0.39, 0.29) is 12.1 Å². The lowest BCUT2D eigenvalue weighted by atomic mass is 10.1. The number of aliphatic hydroxyl groups is 1. The van der Waals surface area contributed by atoms with Gasteiger partial charge in [0.15, 0.2) is 11.5 Å². The van der Waals surface area contributed by atoms with Gasteiger partial charge in [-0.1, -0.05) is 6.07 Å². The molecular weight excluding hydrogens is 228 g/mol. The molecule has 2 atom stereocenters. The highest BCUT2D eigenvalue weighted by Crippen LogP contribution is 2.20. The molecule has 1 saturated carbocycles. The average Bonchev–Trinajstić information content (AvgIpc) is 2.90. The average molecular weight is 246 g/mol. The van der Waals surface area contributed by atoms with Gasteiger partial charge in [-0.05, 0) is 37.0 Å². The second-order valence-corrected chi connectivity index (χ2v) is 5.02. The molecule has 0 saturated heterocycles. The molecule has 1 aromatic heterocycles. The van der Waals surface area contributed by atoms with Crippen LogP contribution in [-0.2, 0) is 6.54 Å². The normalized spacial score (nSPS) is 23.9. The zero-order valence-corrected chi connectivity index (χ0v) is 10.5. The van der Waals surface area contributed by atoms with Crippen molar-refractivity contribution in [3.63, 3.8) is 0 Å². The van der Waals surface area contributed by atoms with Crippen LogP contribution in [0.1, 0.15) is 30.7 Å². The number of aryl methyl sites for hydroxylation is 1. The molecule has 1 heterocycles. The molecule has 4 heteroatoms. The van der Waals surface area contributed by atoms with Gasteiger partial charge in [0.2, 0.25) is 0 Å². The number of fused-ring (bicyclic) bond motifs is 1. The lowest BCUT2D eigenvalue weighted by Crippen LogP contribution is -2.34. The Labute approximate surface area is 106 Å². The second-order valence-electron chi connectivity index (χ2n) is 5.02. The van der Waals surface area contributed by atoms with E-state index in [0.29, 0.717) is 5.89 Å². The van der Waals surface area contributed by atoms with Crippen LogP contribution in [-0.4, -0.2) is 22.2 Å². The van der Waals surface area contributed by atoms with Crippen molar-refractivity contribution in [2.24, 2.45) is 0 Å². The third-order valence-corrected chi connectivity index (χ3v) is 3.61. The van der Waals surface area contributed by atoms with Crippen LogP contribution in [0.3, 0.4) is 0 Å². The van der Waals surface area contributed by atoms with Crippen LogP contribution in [0.15, 0.2) is 22.6 Å².